The largest absolute Gasteiger partial charge is 0.351 e. The van der Waals surface area contributed by atoms with Crippen molar-refractivity contribution >= 4 is 17.5 Å². The quantitative estimate of drug-likeness (QED) is 0.884. The first kappa shape index (κ1) is 18.5. The van der Waals surface area contributed by atoms with E-state index < -0.39 is 0 Å². The smallest absolute Gasteiger partial charge is 0.257 e. The van der Waals surface area contributed by atoms with Crippen LogP contribution in [0.25, 0.3) is 0 Å². The summed E-state index contributed by atoms with van der Waals surface area (Å²) >= 11 is 0. The molecule has 0 aromatic heterocycles. The lowest BCUT2D eigenvalue weighted by Gasteiger charge is -2.47. The molecule has 28 heavy (non-hydrogen) atoms. The van der Waals surface area contributed by atoms with E-state index in [4.69, 9.17) is 0 Å². The average Bonchev–Trinajstić information content (AvgIpc) is 2.73. The maximum atomic E-state index is 12.9. The standard InChI is InChI=1S/C23H27N3O2/c1-3-25-20-14-17(22(27)24-15-18-9-5-4-8-16(18)2)11-12-19(20)23(28)26-13-7-6-10-21(25)26/h4-5,8-9,11-12,14,21H,3,6-7,10,13,15H2,1-2H3,(H,24,27)/t21-/m0/s1. The van der Waals surface area contributed by atoms with Gasteiger partial charge >= 0.3 is 0 Å². The van der Waals surface area contributed by atoms with Crippen molar-refractivity contribution in [3.8, 4) is 0 Å². The van der Waals surface area contributed by atoms with Crippen LogP contribution in [0.4, 0.5) is 5.69 Å². The van der Waals surface area contributed by atoms with Crippen LogP contribution in [0.3, 0.4) is 0 Å². The topological polar surface area (TPSA) is 52.7 Å². The number of nitrogens with zero attached hydrogens (tertiary/aromatic N) is 2. The fourth-order valence-corrected chi connectivity index (χ4v) is 4.35. The summed E-state index contributed by atoms with van der Waals surface area (Å²) < 4.78 is 0. The van der Waals surface area contributed by atoms with Gasteiger partial charge in [-0.1, -0.05) is 24.3 Å². The van der Waals surface area contributed by atoms with Gasteiger partial charge in [-0.2, -0.15) is 0 Å². The van der Waals surface area contributed by atoms with Crippen LogP contribution >= 0.6 is 0 Å². The van der Waals surface area contributed by atoms with Gasteiger partial charge in [0.05, 0.1) is 11.3 Å². The molecule has 1 fully saturated rings. The van der Waals surface area contributed by atoms with Crippen molar-refractivity contribution in [3.05, 3.63) is 64.7 Å². The minimum absolute atomic E-state index is 0.0938. The number of hydrogen-bond donors (Lipinski definition) is 1. The highest BCUT2D eigenvalue weighted by atomic mass is 16.2. The summed E-state index contributed by atoms with van der Waals surface area (Å²) in [5, 5.41) is 3.01. The van der Waals surface area contributed by atoms with Crippen LogP contribution in [0, 0.1) is 6.92 Å². The van der Waals surface area contributed by atoms with Crippen molar-refractivity contribution in [2.45, 2.75) is 45.8 Å². The molecule has 0 spiro atoms. The maximum absolute atomic E-state index is 12.9. The Labute approximate surface area is 166 Å². The van der Waals surface area contributed by atoms with Crippen molar-refractivity contribution < 1.29 is 9.59 Å². The van der Waals surface area contributed by atoms with Gasteiger partial charge in [0.25, 0.3) is 11.8 Å². The molecule has 5 nitrogen and oxygen atoms in total. The van der Waals surface area contributed by atoms with E-state index in [1.54, 1.807) is 6.07 Å². The second-order valence-electron chi connectivity index (χ2n) is 7.60. The zero-order valence-electron chi connectivity index (χ0n) is 16.6. The summed E-state index contributed by atoms with van der Waals surface area (Å²) in [6.07, 6.45) is 3.30. The lowest BCUT2D eigenvalue weighted by molar-refractivity contribution is 0.0582. The van der Waals surface area contributed by atoms with Crippen LogP contribution < -0.4 is 10.2 Å². The zero-order chi connectivity index (χ0) is 19.7. The molecule has 4 rings (SSSR count). The number of rotatable bonds is 4. The van der Waals surface area contributed by atoms with Gasteiger partial charge in [0.1, 0.15) is 6.17 Å². The fraction of sp³-hybridized carbons (Fsp3) is 0.391. The molecule has 0 saturated carbocycles. The Balaban J connectivity index is 1.58. The van der Waals surface area contributed by atoms with Crippen molar-refractivity contribution in [1.29, 1.82) is 0 Å². The summed E-state index contributed by atoms with van der Waals surface area (Å²) in [5.74, 6) is -0.0168. The van der Waals surface area contributed by atoms with E-state index in [0.717, 1.165) is 49.2 Å². The van der Waals surface area contributed by atoms with Gasteiger partial charge in [0, 0.05) is 25.2 Å². The molecule has 1 N–H and O–H groups in total. The molecular weight excluding hydrogens is 350 g/mol. The van der Waals surface area contributed by atoms with Gasteiger partial charge in [-0.3, -0.25) is 9.59 Å². The highest BCUT2D eigenvalue weighted by Gasteiger charge is 2.38. The van der Waals surface area contributed by atoms with Gasteiger partial charge in [-0.25, -0.2) is 0 Å². The van der Waals surface area contributed by atoms with Crippen molar-refractivity contribution in [3.63, 3.8) is 0 Å². The molecule has 2 aliphatic heterocycles. The Kier molecular flexibility index (Phi) is 5.07. The number of anilines is 1. The first-order valence-corrected chi connectivity index (χ1v) is 10.1. The van der Waals surface area contributed by atoms with Gasteiger partial charge in [0.15, 0.2) is 0 Å². The van der Waals surface area contributed by atoms with Crippen LogP contribution in [0.1, 0.15) is 58.0 Å². The second-order valence-corrected chi connectivity index (χ2v) is 7.60. The lowest BCUT2D eigenvalue weighted by atomic mass is 9.97. The Bertz CT molecular complexity index is 908. The van der Waals surface area contributed by atoms with Crippen LogP contribution in [0.2, 0.25) is 0 Å². The number of hydrogen-bond acceptors (Lipinski definition) is 3. The minimum atomic E-state index is -0.111. The van der Waals surface area contributed by atoms with Crippen molar-refractivity contribution in [2.75, 3.05) is 18.0 Å². The molecule has 146 valence electrons. The predicted octanol–water partition coefficient (Wildman–Crippen LogP) is 3.72. The molecule has 1 atom stereocenters. The molecule has 2 aromatic rings. The van der Waals surface area contributed by atoms with Crippen molar-refractivity contribution in [1.82, 2.24) is 10.2 Å². The number of fused-ring (bicyclic) bond motifs is 2. The van der Waals surface area contributed by atoms with Gasteiger partial charge in [0.2, 0.25) is 0 Å². The molecule has 0 radical (unpaired) electrons. The maximum Gasteiger partial charge on any atom is 0.257 e. The van der Waals surface area contributed by atoms with E-state index in [9.17, 15) is 9.59 Å². The summed E-state index contributed by atoms with van der Waals surface area (Å²) in [6.45, 7) is 6.28. The summed E-state index contributed by atoms with van der Waals surface area (Å²) in [5.41, 5.74) is 4.46. The first-order valence-electron chi connectivity index (χ1n) is 10.1. The summed E-state index contributed by atoms with van der Waals surface area (Å²) in [6, 6.07) is 13.5. The number of carbonyl (C=O) groups is 2. The molecule has 5 heteroatoms. The molecule has 0 unspecified atom stereocenters. The van der Waals surface area contributed by atoms with Crippen LogP contribution in [0.5, 0.6) is 0 Å². The monoisotopic (exact) mass is 377 g/mol. The molecule has 2 heterocycles. The van der Waals surface area contributed by atoms with E-state index in [0.29, 0.717) is 17.7 Å². The third kappa shape index (κ3) is 3.26. The number of aryl methyl sites for hydroxylation is 1. The fourth-order valence-electron chi connectivity index (χ4n) is 4.35. The van der Waals surface area contributed by atoms with Gasteiger partial charge < -0.3 is 15.1 Å². The molecule has 2 amide bonds. The molecule has 2 aromatic carbocycles. The normalized spacial score (nSPS) is 18.5. The van der Waals surface area contributed by atoms with Crippen LogP contribution in [0.15, 0.2) is 42.5 Å². The van der Waals surface area contributed by atoms with E-state index in [1.165, 1.54) is 0 Å². The highest BCUT2D eigenvalue weighted by Crippen LogP contribution is 2.35. The second kappa shape index (κ2) is 7.66. The first-order chi connectivity index (χ1) is 13.6. The van der Waals surface area contributed by atoms with Gasteiger partial charge in [-0.15, -0.1) is 0 Å². The number of nitrogens with one attached hydrogen (secondary N) is 1. The third-order valence-corrected chi connectivity index (χ3v) is 5.93. The van der Waals surface area contributed by atoms with Crippen LogP contribution in [-0.2, 0) is 6.54 Å². The number of amides is 2. The van der Waals surface area contributed by atoms with Crippen molar-refractivity contribution in [2.24, 2.45) is 0 Å². The molecule has 0 bridgehead atoms. The Morgan fingerprint density at radius 3 is 2.79 bits per heavy atom. The Morgan fingerprint density at radius 1 is 1.18 bits per heavy atom. The minimum Gasteiger partial charge on any atom is -0.351 e. The van der Waals surface area contributed by atoms with E-state index in [1.807, 2.05) is 48.2 Å². The summed E-state index contributed by atoms with van der Waals surface area (Å²) in [4.78, 5) is 30.0. The Hall–Kier alpha value is -2.82. The van der Waals surface area contributed by atoms with Gasteiger partial charge in [-0.05, 0) is 62.4 Å². The number of piperidine rings is 1. The Morgan fingerprint density at radius 2 is 2.00 bits per heavy atom. The van der Waals surface area contributed by atoms with E-state index in [2.05, 4.69) is 17.1 Å². The SMILES string of the molecule is CCN1c2cc(C(=O)NCc3ccccc3C)ccc2C(=O)N2CCCC[C@H]21. The van der Waals surface area contributed by atoms with E-state index >= 15 is 0 Å². The third-order valence-electron chi connectivity index (χ3n) is 5.93. The predicted molar refractivity (Wildman–Crippen MR) is 110 cm³/mol. The average molecular weight is 377 g/mol. The molecule has 1 saturated heterocycles. The summed E-state index contributed by atoms with van der Waals surface area (Å²) in [7, 11) is 0. The molecular formula is C23H27N3O2. The van der Waals surface area contributed by atoms with E-state index in [-0.39, 0.29) is 18.0 Å². The zero-order valence-corrected chi connectivity index (χ0v) is 16.6. The molecule has 2 aliphatic rings. The number of carbonyl (C=O) groups excluding carboxylic acids is 2. The number of benzene rings is 2. The lowest BCUT2D eigenvalue weighted by Crippen LogP contribution is -2.57. The molecule has 0 aliphatic carbocycles. The van der Waals surface area contributed by atoms with Crippen LogP contribution in [-0.4, -0.2) is 36.0 Å². The highest BCUT2D eigenvalue weighted by molar-refractivity contribution is 6.04.